The Kier molecular flexibility index (Phi) is 7.63. The van der Waals surface area contributed by atoms with Crippen LogP contribution in [-0.2, 0) is 16.1 Å². The van der Waals surface area contributed by atoms with Gasteiger partial charge in [-0.1, -0.05) is 35.3 Å². The molecular formula is C24H15BrCl2INO4. The Labute approximate surface area is 222 Å². The number of halogens is 4. The van der Waals surface area contributed by atoms with Gasteiger partial charge < -0.3 is 14.2 Å². The molecule has 0 atom stereocenters. The smallest absolute Gasteiger partial charge is 0.363 e. The molecule has 0 saturated heterocycles. The van der Waals surface area contributed by atoms with Crippen LogP contribution in [0.25, 0.3) is 6.08 Å². The van der Waals surface area contributed by atoms with Gasteiger partial charge in [0.2, 0.25) is 5.90 Å². The van der Waals surface area contributed by atoms with Crippen LogP contribution >= 0.6 is 61.7 Å². The lowest BCUT2D eigenvalue weighted by Gasteiger charge is -2.14. The van der Waals surface area contributed by atoms with E-state index in [2.05, 4.69) is 49.6 Å². The van der Waals surface area contributed by atoms with Gasteiger partial charge in [0.1, 0.15) is 6.61 Å². The topological polar surface area (TPSA) is 57.1 Å². The number of aliphatic imine (C=N–C) groups is 1. The molecule has 4 rings (SSSR count). The first-order valence-electron chi connectivity index (χ1n) is 9.57. The van der Waals surface area contributed by atoms with Crippen LogP contribution in [0.5, 0.6) is 11.5 Å². The number of ether oxygens (including phenoxy) is 3. The first-order chi connectivity index (χ1) is 15.8. The number of benzene rings is 3. The second-order valence-corrected chi connectivity index (χ2v) is 9.83. The first kappa shape index (κ1) is 24.1. The second kappa shape index (κ2) is 10.5. The largest absolute Gasteiger partial charge is 0.493 e. The quantitative estimate of drug-likeness (QED) is 0.159. The minimum Gasteiger partial charge on any atom is -0.493 e. The Morgan fingerprint density at radius 3 is 2.67 bits per heavy atom. The molecule has 0 bridgehead atoms. The summed E-state index contributed by atoms with van der Waals surface area (Å²) in [4.78, 5) is 16.7. The van der Waals surface area contributed by atoms with E-state index in [4.69, 9.17) is 37.4 Å². The van der Waals surface area contributed by atoms with Crippen LogP contribution in [0.15, 0.2) is 69.8 Å². The van der Waals surface area contributed by atoms with Gasteiger partial charge in [-0.3, -0.25) is 0 Å². The standard InChI is InChI=1S/C24H15BrCl2INO4/c1-31-21-10-14(8-17(25)22(21)32-12-13-3-2-4-16(28)7-13)9-20-24(30)33-23(29-20)15-5-6-18(26)19(27)11-15/h2-11H,12H2,1H3/b20-9-. The van der Waals surface area contributed by atoms with Crippen molar-refractivity contribution in [2.45, 2.75) is 6.61 Å². The third kappa shape index (κ3) is 5.71. The van der Waals surface area contributed by atoms with Gasteiger partial charge in [0.05, 0.1) is 21.6 Å². The molecule has 1 heterocycles. The summed E-state index contributed by atoms with van der Waals surface area (Å²) >= 11 is 17.8. The predicted molar refractivity (Wildman–Crippen MR) is 141 cm³/mol. The lowest BCUT2D eigenvalue weighted by Crippen LogP contribution is -2.05. The summed E-state index contributed by atoms with van der Waals surface area (Å²) in [5.74, 6) is 0.674. The molecule has 0 aliphatic carbocycles. The van der Waals surface area contributed by atoms with Crippen LogP contribution in [-0.4, -0.2) is 19.0 Å². The Hall–Kier alpha value is -2.07. The van der Waals surface area contributed by atoms with Crippen molar-refractivity contribution in [2.24, 2.45) is 4.99 Å². The van der Waals surface area contributed by atoms with E-state index in [1.54, 1.807) is 37.5 Å². The fraction of sp³-hybridized carbons (Fsp3) is 0.0833. The van der Waals surface area contributed by atoms with Crippen molar-refractivity contribution in [1.29, 1.82) is 0 Å². The van der Waals surface area contributed by atoms with Crippen molar-refractivity contribution >= 4 is 79.7 Å². The van der Waals surface area contributed by atoms with Crippen LogP contribution in [0, 0.1) is 3.57 Å². The number of esters is 1. The molecule has 9 heteroatoms. The number of cyclic esters (lactones) is 1. The van der Waals surface area contributed by atoms with E-state index in [0.717, 1.165) is 9.13 Å². The van der Waals surface area contributed by atoms with Crippen LogP contribution in [0.3, 0.4) is 0 Å². The van der Waals surface area contributed by atoms with Gasteiger partial charge in [0, 0.05) is 9.13 Å². The molecule has 0 amide bonds. The molecule has 168 valence electrons. The number of hydrogen-bond donors (Lipinski definition) is 0. The Balaban J connectivity index is 1.59. The van der Waals surface area contributed by atoms with Gasteiger partial charge in [0.25, 0.3) is 0 Å². The van der Waals surface area contributed by atoms with Crippen LogP contribution in [0.2, 0.25) is 10.0 Å². The molecule has 0 spiro atoms. The zero-order valence-electron chi connectivity index (χ0n) is 17.1. The van der Waals surface area contributed by atoms with Gasteiger partial charge in [0.15, 0.2) is 17.2 Å². The molecule has 0 saturated carbocycles. The van der Waals surface area contributed by atoms with E-state index in [1.807, 2.05) is 24.3 Å². The fourth-order valence-electron chi connectivity index (χ4n) is 3.07. The molecule has 5 nitrogen and oxygen atoms in total. The van der Waals surface area contributed by atoms with Crippen molar-refractivity contribution in [2.75, 3.05) is 7.11 Å². The van der Waals surface area contributed by atoms with E-state index in [1.165, 1.54) is 0 Å². The van der Waals surface area contributed by atoms with E-state index in [0.29, 0.717) is 43.8 Å². The average Bonchev–Trinajstić information content (AvgIpc) is 3.14. The van der Waals surface area contributed by atoms with Crippen molar-refractivity contribution in [3.63, 3.8) is 0 Å². The maximum Gasteiger partial charge on any atom is 0.363 e. The summed E-state index contributed by atoms with van der Waals surface area (Å²) in [5, 5.41) is 0.752. The molecule has 0 fully saturated rings. The minimum absolute atomic E-state index is 0.151. The summed E-state index contributed by atoms with van der Waals surface area (Å²) in [6.45, 7) is 0.385. The minimum atomic E-state index is -0.565. The number of hydrogen-bond acceptors (Lipinski definition) is 5. The Morgan fingerprint density at radius 1 is 1.12 bits per heavy atom. The van der Waals surface area contributed by atoms with Gasteiger partial charge in [-0.25, -0.2) is 9.79 Å². The van der Waals surface area contributed by atoms with E-state index >= 15 is 0 Å². The summed E-state index contributed by atoms with van der Waals surface area (Å²) < 4.78 is 18.6. The molecule has 33 heavy (non-hydrogen) atoms. The van der Waals surface area contributed by atoms with Crippen LogP contribution < -0.4 is 9.47 Å². The third-order valence-corrected chi connectivity index (χ3v) is 6.61. The van der Waals surface area contributed by atoms with Gasteiger partial charge >= 0.3 is 5.97 Å². The normalized spacial score (nSPS) is 14.3. The predicted octanol–water partition coefficient (Wildman–Crippen LogP) is 7.29. The summed E-state index contributed by atoms with van der Waals surface area (Å²) in [5.41, 5.74) is 2.43. The maximum atomic E-state index is 12.4. The van der Waals surface area contributed by atoms with Crippen molar-refractivity contribution in [1.82, 2.24) is 0 Å². The fourth-order valence-corrected chi connectivity index (χ4v) is 4.54. The van der Waals surface area contributed by atoms with E-state index < -0.39 is 5.97 Å². The highest BCUT2D eigenvalue weighted by Gasteiger charge is 2.25. The maximum absolute atomic E-state index is 12.4. The molecule has 0 N–H and O–H groups in total. The van der Waals surface area contributed by atoms with Crippen LogP contribution in [0.4, 0.5) is 0 Å². The highest BCUT2D eigenvalue weighted by molar-refractivity contribution is 14.1. The van der Waals surface area contributed by atoms with Crippen LogP contribution in [0.1, 0.15) is 16.7 Å². The monoisotopic (exact) mass is 657 g/mol. The van der Waals surface area contributed by atoms with Gasteiger partial charge in [-0.15, -0.1) is 0 Å². The van der Waals surface area contributed by atoms with E-state index in [-0.39, 0.29) is 11.6 Å². The second-order valence-electron chi connectivity index (χ2n) is 6.92. The zero-order valence-corrected chi connectivity index (χ0v) is 22.3. The Morgan fingerprint density at radius 2 is 1.94 bits per heavy atom. The summed E-state index contributed by atoms with van der Waals surface area (Å²) in [6.07, 6.45) is 1.61. The highest BCUT2D eigenvalue weighted by atomic mass is 127. The number of rotatable bonds is 6. The average molecular weight is 659 g/mol. The molecule has 3 aromatic rings. The van der Waals surface area contributed by atoms with Gasteiger partial charge in [-0.2, -0.15) is 0 Å². The lowest BCUT2D eigenvalue weighted by atomic mass is 10.1. The molecule has 0 radical (unpaired) electrons. The molecule has 0 unspecified atom stereocenters. The molecule has 0 aromatic heterocycles. The first-order valence-corrected chi connectivity index (χ1v) is 12.2. The number of methoxy groups -OCH3 is 1. The summed E-state index contributed by atoms with van der Waals surface area (Å²) in [7, 11) is 1.56. The number of nitrogens with zero attached hydrogens (tertiary/aromatic N) is 1. The van der Waals surface area contributed by atoms with Crippen molar-refractivity contribution in [3.05, 3.63) is 95.1 Å². The molecule has 3 aromatic carbocycles. The molecular weight excluding hydrogens is 644 g/mol. The third-order valence-electron chi connectivity index (χ3n) is 4.61. The lowest BCUT2D eigenvalue weighted by molar-refractivity contribution is -0.129. The summed E-state index contributed by atoms with van der Waals surface area (Å²) in [6, 6.07) is 16.5. The molecule has 1 aliphatic rings. The van der Waals surface area contributed by atoms with Crippen molar-refractivity contribution < 1.29 is 19.0 Å². The SMILES string of the molecule is COc1cc(/C=C2\N=C(c3ccc(Cl)c(Cl)c3)OC2=O)cc(Br)c1OCc1cccc(I)c1. The number of carbonyl (C=O) groups excluding carboxylic acids is 1. The zero-order chi connectivity index (χ0) is 23.5. The highest BCUT2D eigenvalue weighted by Crippen LogP contribution is 2.38. The van der Waals surface area contributed by atoms with Gasteiger partial charge in [-0.05, 0) is 98.2 Å². The van der Waals surface area contributed by atoms with Crippen molar-refractivity contribution in [3.8, 4) is 11.5 Å². The van der Waals surface area contributed by atoms with E-state index in [9.17, 15) is 4.79 Å². The Bertz CT molecular complexity index is 1310. The number of carbonyl (C=O) groups is 1. The molecule has 1 aliphatic heterocycles.